The predicted molar refractivity (Wildman–Crippen MR) is 96.9 cm³/mol. The maximum absolute atomic E-state index is 10.7. The second-order valence-corrected chi connectivity index (χ2v) is 6.53. The smallest absolute Gasteiger partial charge is 0.145 e. The van der Waals surface area contributed by atoms with Crippen molar-refractivity contribution < 1.29 is 9.59 Å². The molecule has 0 radical (unpaired) electrons. The van der Waals surface area contributed by atoms with Crippen LogP contribution in [0.1, 0.15) is 60.8 Å². The molecule has 124 valence electrons. The first-order valence-electron chi connectivity index (χ1n) is 7.52. The summed E-state index contributed by atoms with van der Waals surface area (Å²) in [7, 11) is 0. The van der Waals surface area contributed by atoms with Gasteiger partial charge >= 0.3 is 0 Å². The van der Waals surface area contributed by atoms with E-state index in [0.29, 0.717) is 5.57 Å². The van der Waals surface area contributed by atoms with Gasteiger partial charge in [0.2, 0.25) is 0 Å². The highest BCUT2D eigenvalue weighted by molar-refractivity contribution is 5.70. The Bertz CT molecular complexity index is 454. The molecule has 1 aliphatic carbocycles. The lowest BCUT2D eigenvalue weighted by atomic mass is 9.75. The highest BCUT2D eigenvalue weighted by Crippen LogP contribution is 2.36. The largest absolute Gasteiger partial charge is 0.303 e. The summed E-state index contributed by atoms with van der Waals surface area (Å²) in [5, 5.41) is 0. The van der Waals surface area contributed by atoms with Crippen LogP contribution in [0.5, 0.6) is 0 Å². The first kappa shape index (κ1) is 22.6. The number of allylic oxidation sites excluding steroid dienone is 5. The molecule has 0 N–H and O–H groups in total. The Morgan fingerprint density at radius 1 is 1.00 bits per heavy atom. The summed E-state index contributed by atoms with van der Waals surface area (Å²) >= 11 is 0. The van der Waals surface area contributed by atoms with Gasteiger partial charge in [0.05, 0.1) is 0 Å². The van der Waals surface area contributed by atoms with Gasteiger partial charge in [-0.1, -0.05) is 49.0 Å². The summed E-state index contributed by atoms with van der Waals surface area (Å²) in [6.45, 7) is 22.5. The van der Waals surface area contributed by atoms with E-state index in [4.69, 9.17) is 0 Å². The molecule has 0 aromatic heterocycles. The first-order chi connectivity index (χ1) is 9.99. The third kappa shape index (κ3) is 11.0. The molecule has 1 rings (SSSR count). The Morgan fingerprint density at radius 3 is 1.64 bits per heavy atom. The van der Waals surface area contributed by atoms with Crippen molar-refractivity contribution in [3.05, 3.63) is 47.6 Å². The van der Waals surface area contributed by atoms with Crippen LogP contribution in [0.2, 0.25) is 0 Å². The number of rotatable bonds is 3. The van der Waals surface area contributed by atoms with Crippen LogP contribution in [0.3, 0.4) is 0 Å². The topological polar surface area (TPSA) is 34.1 Å². The summed E-state index contributed by atoms with van der Waals surface area (Å²) in [6, 6.07) is 0. The zero-order valence-corrected chi connectivity index (χ0v) is 15.2. The standard InChI is InChI=1S/C10H16O.C6H10.C4H6O/c1-8-4-5-10(3,7-11)6-9(8)2;1-5(2)6(3)4;1-4(2)3-5/h7H,4-6H2,1-3H3;1,3H2,2,4H3;3H,1H2,2H3. The van der Waals surface area contributed by atoms with Crippen molar-refractivity contribution >= 4 is 12.6 Å². The summed E-state index contributed by atoms with van der Waals surface area (Å²) < 4.78 is 0. The summed E-state index contributed by atoms with van der Waals surface area (Å²) in [5.74, 6) is 0. The predicted octanol–water partition coefficient (Wildman–Crippen LogP) is 5.61. The highest BCUT2D eigenvalue weighted by Gasteiger charge is 2.27. The summed E-state index contributed by atoms with van der Waals surface area (Å²) in [6.07, 6.45) is 4.92. The van der Waals surface area contributed by atoms with Crippen molar-refractivity contribution in [3.63, 3.8) is 0 Å². The lowest BCUT2D eigenvalue weighted by Gasteiger charge is -2.29. The summed E-state index contributed by atoms with van der Waals surface area (Å²) in [4.78, 5) is 20.1. The normalized spacial score (nSPS) is 19.7. The number of hydrogen-bond acceptors (Lipinski definition) is 2. The SMILES string of the molecule is C=C(C)C(=C)C.C=C(C)C=O.CC1=C(C)CC(C)(C=O)CC1. The van der Waals surface area contributed by atoms with Crippen LogP contribution in [-0.2, 0) is 9.59 Å². The van der Waals surface area contributed by atoms with Crippen LogP contribution in [-0.4, -0.2) is 12.6 Å². The maximum Gasteiger partial charge on any atom is 0.145 e. The third-order valence-corrected chi connectivity index (χ3v) is 3.68. The van der Waals surface area contributed by atoms with Gasteiger partial charge in [0.25, 0.3) is 0 Å². The fourth-order valence-corrected chi connectivity index (χ4v) is 1.63. The van der Waals surface area contributed by atoms with Crippen molar-refractivity contribution in [1.29, 1.82) is 0 Å². The minimum absolute atomic E-state index is 0.0659. The quantitative estimate of drug-likeness (QED) is 0.294. The minimum atomic E-state index is -0.0659. The van der Waals surface area contributed by atoms with E-state index in [1.807, 2.05) is 13.8 Å². The van der Waals surface area contributed by atoms with Gasteiger partial charge in [-0.25, -0.2) is 0 Å². The van der Waals surface area contributed by atoms with Crippen LogP contribution in [0.4, 0.5) is 0 Å². The van der Waals surface area contributed by atoms with E-state index in [0.717, 1.165) is 43.0 Å². The molecule has 0 aliphatic heterocycles. The van der Waals surface area contributed by atoms with E-state index in [-0.39, 0.29) is 5.41 Å². The molecule has 1 unspecified atom stereocenters. The van der Waals surface area contributed by atoms with E-state index in [2.05, 4.69) is 40.5 Å². The lowest BCUT2D eigenvalue weighted by molar-refractivity contribution is -0.115. The summed E-state index contributed by atoms with van der Waals surface area (Å²) in [5.41, 5.74) is 5.52. The molecule has 0 bridgehead atoms. The molecule has 0 saturated carbocycles. The number of hydrogen-bond donors (Lipinski definition) is 0. The molecule has 2 nitrogen and oxygen atoms in total. The average molecular weight is 304 g/mol. The molecule has 0 aromatic rings. The Hall–Kier alpha value is -1.70. The third-order valence-electron chi connectivity index (χ3n) is 3.68. The number of carbonyl (C=O) groups excluding carboxylic acids is 2. The zero-order chi connectivity index (χ0) is 17.9. The Balaban J connectivity index is 0. The van der Waals surface area contributed by atoms with Gasteiger partial charge in [-0.2, -0.15) is 0 Å². The molecule has 0 spiro atoms. The van der Waals surface area contributed by atoms with Crippen molar-refractivity contribution in [3.8, 4) is 0 Å². The van der Waals surface area contributed by atoms with Gasteiger partial charge in [0, 0.05) is 5.41 Å². The fourth-order valence-electron chi connectivity index (χ4n) is 1.63. The van der Waals surface area contributed by atoms with E-state index in [1.54, 1.807) is 6.92 Å². The molecule has 1 aliphatic rings. The van der Waals surface area contributed by atoms with Crippen molar-refractivity contribution in [2.24, 2.45) is 5.41 Å². The van der Waals surface area contributed by atoms with Gasteiger partial charge in [-0.15, -0.1) is 0 Å². The average Bonchev–Trinajstić information content (AvgIpc) is 2.44. The molecule has 22 heavy (non-hydrogen) atoms. The Labute approximate surface area is 136 Å². The number of aldehydes is 2. The minimum Gasteiger partial charge on any atom is -0.303 e. The molecular formula is C20H32O2. The second kappa shape index (κ2) is 10.9. The molecule has 0 heterocycles. The van der Waals surface area contributed by atoms with Crippen LogP contribution >= 0.6 is 0 Å². The van der Waals surface area contributed by atoms with Gasteiger partial charge in [0.1, 0.15) is 12.6 Å². The molecular weight excluding hydrogens is 272 g/mol. The molecule has 0 fully saturated rings. The Kier molecular flexibility index (Phi) is 11.2. The van der Waals surface area contributed by atoms with Crippen LogP contribution < -0.4 is 0 Å². The van der Waals surface area contributed by atoms with E-state index < -0.39 is 0 Å². The van der Waals surface area contributed by atoms with Crippen molar-refractivity contribution in [1.82, 2.24) is 0 Å². The molecule has 0 amide bonds. The van der Waals surface area contributed by atoms with Crippen LogP contribution in [0.15, 0.2) is 47.6 Å². The van der Waals surface area contributed by atoms with Gasteiger partial charge < -0.3 is 4.79 Å². The molecule has 1 atom stereocenters. The van der Waals surface area contributed by atoms with E-state index in [9.17, 15) is 9.59 Å². The van der Waals surface area contributed by atoms with E-state index >= 15 is 0 Å². The Morgan fingerprint density at radius 2 is 1.41 bits per heavy atom. The van der Waals surface area contributed by atoms with E-state index in [1.165, 1.54) is 11.1 Å². The zero-order valence-electron chi connectivity index (χ0n) is 15.2. The van der Waals surface area contributed by atoms with Gasteiger partial charge in [-0.05, 0) is 59.5 Å². The number of carbonyl (C=O) groups is 2. The molecule has 2 heteroatoms. The van der Waals surface area contributed by atoms with Crippen LogP contribution in [0, 0.1) is 5.41 Å². The van der Waals surface area contributed by atoms with Crippen molar-refractivity contribution in [2.45, 2.75) is 60.8 Å². The molecule has 0 aromatic carbocycles. The maximum atomic E-state index is 10.7. The fraction of sp³-hybridized carbons (Fsp3) is 0.500. The van der Waals surface area contributed by atoms with Crippen molar-refractivity contribution in [2.75, 3.05) is 0 Å². The van der Waals surface area contributed by atoms with Gasteiger partial charge in [-0.3, -0.25) is 4.79 Å². The molecule has 0 saturated heterocycles. The monoisotopic (exact) mass is 304 g/mol. The van der Waals surface area contributed by atoms with Gasteiger partial charge in [0.15, 0.2) is 0 Å². The second-order valence-electron chi connectivity index (χ2n) is 6.53. The first-order valence-corrected chi connectivity index (χ1v) is 7.52. The highest BCUT2D eigenvalue weighted by atomic mass is 16.1. The lowest BCUT2D eigenvalue weighted by Crippen LogP contribution is -2.22. The van der Waals surface area contributed by atoms with Crippen LogP contribution in [0.25, 0.3) is 0 Å².